The highest BCUT2D eigenvalue weighted by Crippen LogP contribution is 2.29. The summed E-state index contributed by atoms with van der Waals surface area (Å²) in [5.41, 5.74) is 0.347. The fourth-order valence-electron chi connectivity index (χ4n) is 3.34. The molecule has 164 valence electrons. The average molecular weight is 439 g/mol. The normalized spacial score (nSPS) is 19.0. The molecule has 11 heteroatoms. The van der Waals surface area contributed by atoms with Crippen molar-refractivity contribution in [3.05, 3.63) is 35.5 Å². The van der Waals surface area contributed by atoms with Crippen LogP contribution in [0.2, 0.25) is 0 Å². The molecule has 0 aromatic heterocycles. The second-order valence-corrected chi connectivity index (χ2v) is 8.86. The number of ether oxygens (including phenoxy) is 3. The lowest BCUT2D eigenvalue weighted by atomic mass is 10.1. The van der Waals surface area contributed by atoms with E-state index in [2.05, 4.69) is 4.90 Å². The van der Waals surface area contributed by atoms with Crippen molar-refractivity contribution in [2.24, 2.45) is 0 Å². The van der Waals surface area contributed by atoms with Gasteiger partial charge in [0.2, 0.25) is 10.0 Å². The molecule has 0 bridgehead atoms. The summed E-state index contributed by atoms with van der Waals surface area (Å²) < 4.78 is 42.7. The summed E-state index contributed by atoms with van der Waals surface area (Å²) in [4.78, 5) is 28.1. The molecule has 0 aliphatic carbocycles. The highest BCUT2D eigenvalue weighted by atomic mass is 32.2. The van der Waals surface area contributed by atoms with Crippen molar-refractivity contribution < 1.29 is 32.2 Å². The van der Waals surface area contributed by atoms with E-state index in [0.717, 1.165) is 0 Å². The number of carbonyl (C=O) groups excluding carboxylic acids is 2. The predicted octanol–water partition coefficient (Wildman–Crippen LogP) is 0.0169. The molecule has 0 spiro atoms. The Hall–Kier alpha value is -2.47. The van der Waals surface area contributed by atoms with E-state index in [4.69, 9.17) is 14.2 Å². The second kappa shape index (κ2) is 9.13. The highest BCUT2D eigenvalue weighted by Gasteiger charge is 2.33. The molecule has 1 aromatic rings. The molecule has 10 nitrogen and oxygen atoms in total. The highest BCUT2D eigenvalue weighted by molar-refractivity contribution is 7.89. The molecule has 2 aliphatic heterocycles. The van der Waals surface area contributed by atoms with Crippen molar-refractivity contribution in [2.75, 3.05) is 65.7 Å². The molecule has 30 heavy (non-hydrogen) atoms. The van der Waals surface area contributed by atoms with Gasteiger partial charge >= 0.3 is 11.9 Å². The number of likely N-dealkylation sites (N-methyl/N-ethyl adjacent to an activating group) is 1. The number of piperazine rings is 1. The van der Waals surface area contributed by atoms with Crippen LogP contribution in [0.25, 0.3) is 0 Å². The van der Waals surface area contributed by atoms with Crippen molar-refractivity contribution in [1.29, 1.82) is 0 Å². The third-order valence-electron chi connectivity index (χ3n) is 5.06. The number of anilines is 1. The lowest BCUT2D eigenvalue weighted by Crippen LogP contribution is -2.47. The van der Waals surface area contributed by atoms with Crippen molar-refractivity contribution in [3.8, 4) is 0 Å². The molecule has 2 heterocycles. The zero-order valence-electron chi connectivity index (χ0n) is 17.2. The number of methoxy groups -OCH3 is 2. The minimum absolute atomic E-state index is 0.00271. The Labute approximate surface area is 175 Å². The van der Waals surface area contributed by atoms with E-state index < -0.39 is 22.0 Å². The summed E-state index contributed by atoms with van der Waals surface area (Å²) in [7, 11) is 0.637. The van der Waals surface area contributed by atoms with E-state index >= 15 is 0 Å². The maximum absolute atomic E-state index is 13.1. The number of hydrogen-bond acceptors (Lipinski definition) is 9. The zero-order chi connectivity index (χ0) is 21.9. The van der Waals surface area contributed by atoms with Crippen LogP contribution < -0.4 is 4.90 Å². The van der Waals surface area contributed by atoms with Crippen molar-refractivity contribution >= 4 is 27.6 Å². The Bertz CT molecular complexity index is 953. The maximum atomic E-state index is 13.1. The van der Waals surface area contributed by atoms with E-state index in [1.807, 2.05) is 7.05 Å². The Kier molecular flexibility index (Phi) is 6.76. The van der Waals surface area contributed by atoms with Crippen LogP contribution in [0.5, 0.6) is 0 Å². The first-order chi connectivity index (χ1) is 14.3. The first-order valence-corrected chi connectivity index (χ1v) is 10.8. The number of rotatable bonds is 5. The summed E-state index contributed by atoms with van der Waals surface area (Å²) in [6.45, 7) is 1.93. The third kappa shape index (κ3) is 4.33. The molecule has 1 fully saturated rings. The maximum Gasteiger partial charge on any atom is 0.355 e. The monoisotopic (exact) mass is 439 g/mol. The van der Waals surface area contributed by atoms with Gasteiger partial charge in [-0.3, -0.25) is 0 Å². The van der Waals surface area contributed by atoms with Crippen LogP contribution in [0.1, 0.15) is 0 Å². The summed E-state index contributed by atoms with van der Waals surface area (Å²) in [6, 6.07) is 6.18. The van der Waals surface area contributed by atoms with Gasteiger partial charge in [-0.05, 0) is 25.2 Å². The summed E-state index contributed by atoms with van der Waals surface area (Å²) in [5, 5.41) is 0. The van der Waals surface area contributed by atoms with Crippen LogP contribution in [-0.4, -0.2) is 90.3 Å². The lowest BCUT2D eigenvalue weighted by Gasteiger charge is -2.33. The molecule has 1 saturated heterocycles. The molecule has 0 N–H and O–H groups in total. The van der Waals surface area contributed by atoms with Gasteiger partial charge in [0.1, 0.15) is 12.4 Å². The van der Waals surface area contributed by atoms with Gasteiger partial charge in [-0.2, -0.15) is 4.31 Å². The standard InChI is InChI=1S/C19H25N3O7S/c1-20-7-9-21(10-8-20)30(25,26)15-6-4-5-14(11-15)22-13-29-12-16(18(23)27-2)17(22)19(24)28-3/h4-6,11H,7-10,12-13H2,1-3H3. The number of esters is 2. The number of benzene rings is 1. The first kappa shape index (κ1) is 22.2. The van der Waals surface area contributed by atoms with Gasteiger partial charge in [-0.15, -0.1) is 0 Å². The van der Waals surface area contributed by atoms with E-state index in [1.165, 1.54) is 35.6 Å². The summed E-state index contributed by atoms with van der Waals surface area (Å²) in [6.07, 6.45) is 0. The summed E-state index contributed by atoms with van der Waals surface area (Å²) in [5.74, 6) is -1.47. The van der Waals surface area contributed by atoms with E-state index in [1.54, 1.807) is 12.1 Å². The quantitative estimate of drug-likeness (QED) is 0.587. The van der Waals surface area contributed by atoms with E-state index in [0.29, 0.717) is 31.9 Å². The van der Waals surface area contributed by atoms with Crippen LogP contribution in [0, 0.1) is 0 Å². The molecule has 0 atom stereocenters. The second-order valence-electron chi connectivity index (χ2n) is 6.92. The molecule has 0 amide bonds. The van der Waals surface area contributed by atoms with Gasteiger partial charge in [0.05, 0.1) is 31.3 Å². The minimum Gasteiger partial charge on any atom is -0.466 e. The molecule has 0 radical (unpaired) electrons. The number of nitrogens with zero attached hydrogens (tertiary/aromatic N) is 3. The zero-order valence-corrected chi connectivity index (χ0v) is 18.0. The van der Waals surface area contributed by atoms with Gasteiger partial charge < -0.3 is 24.0 Å². The molecule has 3 rings (SSSR count). The number of hydrogen-bond donors (Lipinski definition) is 0. The van der Waals surface area contributed by atoms with Crippen LogP contribution in [-0.2, 0) is 33.8 Å². The smallest absolute Gasteiger partial charge is 0.355 e. The SMILES string of the molecule is COC(=O)C1=C(C(=O)OC)N(c2cccc(S(=O)(=O)N3CCN(C)CC3)c2)COC1. The van der Waals surface area contributed by atoms with Crippen molar-refractivity contribution in [1.82, 2.24) is 9.21 Å². The molecular weight excluding hydrogens is 414 g/mol. The Balaban J connectivity index is 2.00. The predicted molar refractivity (Wildman–Crippen MR) is 107 cm³/mol. The van der Waals surface area contributed by atoms with E-state index in [9.17, 15) is 18.0 Å². The fourth-order valence-corrected chi connectivity index (χ4v) is 4.80. The summed E-state index contributed by atoms with van der Waals surface area (Å²) >= 11 is 0. The lowest BCUT2D eigenvalue weighted by molar-refractivity contribution is -0.140. The number of carbonyl (C=O) groups is 2. The van der Waals surface area contributed by atoms with Gasteiger partial charge in [0.15, 0.2) is 0 Å². The van der Waals surface area contributed by atoms with E-state index in [-0.39, 0.29) is 29.5 Å². The molecule has 2 aliphatic rings. The molecule has 0 saturated carbocycles. The minimum atomic E-state index is -3.71. The van der Waals surface area contributed by atoms with Crippen LogP contribution in [0.4, 0.5) is 5.69 Å². The van der Waals surface area contributed by atoms with Gasteiger partial charge in [-0.1, -0.05) is 6.07 Å². The van der Waals surface area contributed by atoms with Crippen molar-refractivity contribution in [3.63, 3.8) is 0 Å². The molecule has 1 aromatic carbocycles. The van der Waals surface area contributed by atoms with Crippen LogP contribution in [0.15, 0.2) is 40.4 Å². The first-order valence-electron chi connectivity index (χ1n) is 9.33. The Morgan fingerprint density at radius 3 is 2.33 bits per heavy atom. The number of sulfonamides is 1. The van der Waals surface area contributed by atoms with Crippen LogP contribution >= 0.6 is 0 Å². The van der Waals surface area contributed by atoms with Gasteiger partial charge in [0.25, 0.3) is 0 Å². The van der Waals surface area contributed by atoms with Crippen molar-refractivity contribution in [2.45, 2.75) is 4.90 Å². The van der Waals surface area contributed by atoms with Gasteiger partial charge in [-0.25, -0.2) is 18.0 Å². The Morgan fingerprint density at radius 1 is 1.03 bits per heavy atom. The largest absolute Gasteiger partial charge is 0.466 e. The van der Waals surface area contributed by atoms with Crippen LogP contribution in [0.3, 0.4) is 0 Å². The van der Waals surface area contributed by atoms with Gasteiger partial charge in [0, 0.05) is 31.9 Å². The topological polar surface area (TPSA) is 106 Å². The Morgan fingerprint density at radius 2 is 1.70 bits per heavy atom. The fraction of sp³-hybridized carbons (Fsp3) is 0.474. The third-order valence-corrected chi connectivity index (χ3v) is 6.96. The average Bonchev–Trinajstić information content (AvgIpc) is 2.77. The molecule has 0 unspecified atom stereocenters. The molecular formula is C19H25N3O7S.